The van der Waals surface area contributed by atoms with Crippen LogP contribution in [0.4, 0.5) is 19.0 Å². The molecule has 0 bridgehead atoms. The highest BCUT2D eigenvalue weighted by Gasteiger charge is 2.36. The van der Waals surface area contributed by atoms with E-state index in [0.717, 1.165) is 35.8 Å². The van der Waals surface area contributed by atoms with E-state index in [1.807, 2.05) is 19.3 Å². The lowest BCUT2D eigenvalue weighted by molar-refractivity contribution is -0.139. The summed E-state index contributed by atoms with van der Waals surface area (Å²) in [6, 6.07) is 3.21. The zero-order valence-corrected chi connectivity index (χ0v) is 16.7. The van der Waals surface area contributed by atoms with Gasteiger partial charge < -0.3 is 14.6 Å². The molecule has 3 aromatic rings. The molecule has 29 heavy (non-hydrogen) atoms. The van der Waals surface area contributed by atoms with Gasteiger partial charge in [-0.2, -0.15) is 13.2 Å². The SMILES string of the molecule is COc1cc(C(F)(F)F)c(SC[C@H]2C[C@@H](N(C)c3ncnc4[nH]ccc34)C2)cn1. The van der Waals surface area contributed by atoms with Gasteiger partial charge in [0.25, 0.3) is 0 Å². The third-order valence-electron chi connectivity index (χ3n) is 5.26. The summed E-state index contributed by atoms with van der Waals surface area (Å²) in [6.07, 6.45) is 1.99. The van der Waals surface area contributed by atoms with Gasteiger partial charge in [-0.15, -0.1) is 11.8 Å². The predicted octanol–water partition coefficient (Wildman–Crippen LogP) is 4.39. The summed E-state index contributed by atoms with van der Waals surface area (Å²) in [5, 5.41) is 0.965. The molecule has 0 amide bonds. The van der Waals surface area contributed by atoms with E-state index in [0.29, 0.717) is 17.7 Å². The number of pyridine rings is 1. The van der Waals surface area contributed by atoms with Crippen molar-refractivity contribution in [3.05, 3.63) is 36.4 Å². The molecule has 1 saturated carbocycles. The molecule has 6 nitrogen and oxygen atoms in total. The molecular weight excluding hydrogens is 403 g/mol. The van der Waals surface area contributed by atoms with Gasteiger partial charge in [-0.25, -0.2) is 15.0 Å². The van der Waals surface area contributed by atoms with Crippen LogP contribution in [0.1, 0.15) is 18.4 Å². The number of methoxy groups -OCH3 is 1. The summed E-state index contributed by atoms with van der Waals surface area (Å²) in [7, 11) is 3.30. The molecule has 0 saturated heterocycles. The smallest absolute Gasteiger partial charge is 0.417 e. The van der Waals surface area contributed by atoms with Crippen molar-refractivity contribution >= 4 is 28.6 Å². The summed E-state index contributed by atoms with van der Waals surface area (Å²) < 4.78 is 44.8. The molecule has 1 N–H and O–H groups in total. The maximum absolute atomic E-state index is 13.3. The van der Waals surface area contributed by atoms with Gasteiger partial charge in [0, 0.05) is 42.2 Å². The average Bonchev–Trinajstić information content (AvgIpc) is 3.14. The Balaban J connectivity index is 1.38. The van der Waals surface area contributed by atoms with E-state index in [9.17, 15) is 13.2 Å². The number of ether oxygens (including phenoxy) is 1. The second-order valence-corrected chi connectivity index (χ2v) is 8.13. The largest absolute Gasteiger partial charge is 0.481 e. The molecule has 0 unspecified atom stereocenters. The van der Waals surface area contributed by atoms with Crippen LogP contribution in [0.3, 0.4) is 0 Å². The lowest BCUT2D eigenvalue weighted by atomic mass is 9.81. The first-order valence-corrected chi connectivity index (χ1v) is 10.1. The van der Waals surface area contributed by atoms with Crippen molar-refractivity contribution in [2.75, 3.05) is 24.8 Å². The number of nitrogens with zero attached hydrogens (tertiary/aromatic N) is 4. The number of aromatic amines is 1. The van der Waals surface area contributed by atoms with Crippen molar-refractivity contribution in [3.63, 3.8) is 0 Å². The fraction of sp³-hybridized carbons (Fsp3) is 0.421. The Morgan fingerprint density at radius 3 is 2.79 bits per heavy atom. The summed E-state index contributed by atoms with van der Waals surface area (Å²) in [5.41, 5.74) is 0.0955. The van der Waals surface area contributed by atoms with Crippen LogP contribution in [0, 0.1) is 5.92 Å². The van der Waals surface area contributed by atoms with Gasteiger partial charge in [0.2, 0.25) is 5.88 Å². The van der Waals surface area contributed by atoms with Crippen molar-refractivity contribution in [3.8, 4) is 5.88 Å². The molecule has 0 spiro atoms. The predicted molar refractivity (Wildman–Crippen MR) is 105 cm³/mol. The summed E-state index contributed by atoms with van der Waals surface area (Å²) >= 11 is 1.20. The minimum atomic E-state index is -4.43. The number of anilines is 1. The Morgan fingerprint density at radius 1 is 1.28 bits per heavy atom. The monoisotopic (exact) mass is 423 g/mol. The first-order chi connectivity index (χ1) is 13.9. The van der Waals surface area contributed by atoms with Crippen LogP contribution >= 0.6 is 11.8 Å². The van der Waals surface area contributed by atoms with Crippen LogP contribution in [0.25, 0.3) is 11.0 Å². The van der Waals surface area contributed by atoms with Gasteiger partial charge in [-0.05, 0) is 24.8 Å². The maximum atomic E-state index is 13.3. The molecule has 3 heterocycles. The molecule has 10 heteroatoms. The number of hydrogen-bond donors (Lipinski definition) is 1. The van der Waals surface area contributed by atoms with Gasteiger partial charge >= 0.3 is 6.18 Å². The number of fused-ring (bicyclic) bond motifs is 1. The van der Waals surface area contributed by atoms with Crippen LogP contribution in [-0.4, -0.2) is 45.9 Å². The number of nitrogens with one attached hydrogen (secondary N) is 1. The Kier molecular flexibility index (Phi) is 5.28. The van der Waals surface area contributed by atoms with Crippen LogP contribution < -0.4 is 9.64 Å². The zero-order chi connectivity index (χ0) is 20.6. The Hall–Kier alpha value is -2.49. The molecule has 1 aliphatic carbocycles. The van der Waals surface area contributed by atoms with Crippen LogP contribution in [0.5, 0.6) is 5.88 Å². The van der Waals surface area contributed by atoms with E-state index in [1.54, 1.807) is 0 Å². The second kappa shape index (κ2) is 7.74. The molecule has 4 rings (SSSR count). The fourth-order valence-corrected chi connectivity index (χ4v) is 4.69. The standard InChI is InChI=1S/C19H20F3N5OS/c1-27(18-13-3-4-23-17(13)25-10-26-18)12-5-11(6-12)9-29-15-8-24-16(28-2)7-14(15)19(20,21)22/h3-4,7-8,10-12H,5-6,9H2,1-2H3,(H,23,25,26)/t11-,12+. The molecule has 0 atom stereocenters. The second-order valence-electron chi connectivity index (χ2n) is 7.07. The number of thioether (sulfide) groups is 1. The molecule has 0 aromatic carbocycles. The number of H-pyrrole nitrogens is 1. The van der Waals surface area contributed by atoms with Crippen molar-refractivity contribution in [1.29, 1.82) is 0 Å². The topological polar surface area (TPSA) is 66.9 Å². The Bertz CT molecular complexity index is 1000. The Labute approximate surface area is 169 Å². The van der Waals surface area contributed by atoms with Crippen molar-refractivity contribution < 1.29 is 17.9 Å². The number of aromatic nitrogens is 4. The van der Waals surface area contributed by atoms with E-state index in [1.165, 1.54) is 31.4 Å². The highest BCUT2D eigenvalue weighted by atomic mass is 32.2. The molecular formula is C19H20F3N5OS. The molecule has 3 aromatic heterocycles. The molecule has 154 valence electrons. The van der Waals surface area contributed by atoms with Gasteiger partial charge in [-0.3, -0.25) is 0 Å². The third kappa shape index (κ3) is 3.98. The minimum Gasteiger partial charge on any atom is -0.481 e. The molecule has 0 radical (unpaired) electrons. The summed E-state index contributed by atoms with van der Waals surface area (Å²) in [6.45, 7) is 0. The van der Waals surface area contributed by atoms with Gasteiger partial charge in [0.05, 0.1) is 18.1 Å². The maximum Gasteiger partial charge on any atom is 0.417 e. The number of alkyl halides is 3. The van der Waals surface area contributed by atoms with Gasteiger partial charge in [0.1, 0.15) is 17.8 Å². The normalized spacial score (nSPS) is 19.2. The summed E-state index contributed by atoms with van der Waals surface area (Å²) in [5.74, 6) is 1.79. The highest BCUT2D eigenvalue weighted by molar-refractivity contribution is 7.99. The third-order valence-corrected chi connectivity index (χ3v) is 6.53. The van der Waals surface area contributed by atoms with Gasteiger partial charge in [-0.1, -0.05) is 0 Å². The number of hydrogen-bond acceptors (Lipinski definition) is 6. The van der Waals surface area contributed by atoms with Crippen LogP contribution in [0.2, 0.25) is 0 Å². The lowest BCUT2D eigenvalue weighted by Crippen LogP contribution is -2.43. The quantitative estimate of drug-likeness (QED) is 0.594. The van der Waals surface area contributed by atoms with E-state index < -0.39 is 11.7 Å². The lowest BCUT2D eigenvalue weighted by Gasteiger charge is -2.41. The minimum absolute atomic E-state index is 0.0343. The average molecular weight is 423 g/mol. The van der Waals surface area contributed by atoms with Crippen molar-refractivity contribution in [2.45, 2.75) is 30.0 Å². The fourth-order valence-electron chi connectivity index (χ4n) is 3.54. The van der Waals surface area contributed by atoms with Crippen LogP contribution in [0.15, 0.2) is 35.7 Å². The van der Waals surface area contributed by atoms with E-state index in [4.69, 9.17) is 4.74 Å². The first-order valence-electron chi connectivity index (χ1n) is 9.11. The summed E-state index contributed by atoms with van der Waals surface area (Å²) in [4.78, 5) is 17.9. The van der Waals surface area contributed by atoms with Gasteiger partial charge in [0.15, 0.2) is 0 Å². The zero-order valence-electron chi connectivity index (χ0n) is 15.9. The van der Waals surface area contributed by atoms with E-state index >= 15 is 0 Å². The molecule has 0 aliphatic heterocycles. The van der Waals surface area contributed by atoms with Crippen LogP contribution in [-0.2, 0) is 6.18 Å². The number of rotatable bonds is 6. The molecule has 1 fully saturated rings. The Morgan fingerprint density at radius 2 is 2.07 bits per heavy atom. The van der Waals surface area contributed by atoms with E-state index in [-0.39, 0.29) is 10.8 Å². The first kappa shape index (κ1) is 19.8. The van der Waals surface area contributed by atoms with Crippen molar-refractivity contribution in [2.24, 2.45) is 5.92 Å². The molecule has 1 aliphatic rings. The van der Waals surface area contributed by atoms with E-state index in [2.05, 4.69) is 24.8 Å². The number of halogens is 3. The van der Waals surface area contributed by atoms with Crippen molar-refractivity contribution in [1.82, 2.24) is 19.9 Å². The highest BCUT2D eigenvalue weighted by Crippen LogP contribution is 2.42.